The van der Waals surface area contributed by atoms with Crippen LogP contribution < -0.4 is 5.73 Å². The van der Waals surface area contributed by atoms with Gasteiger partial charge in [-0.25, -0.2) is 4.98 Å². The van der Waals surface area contributed by atoms with E-state index in [0.717, 1.165) is 10.7 Å². The Kier molecular flexibility index (Phi) is 2.99. The van der Waals surface area contributed by atoms with Gasteiger partial charge in [0.25, 0.3) is 0 Å². The Bertz CT molecular complexity index is 224. The van der Waals surface area contributed by atoms with Gasteiger partial charge in [-0.3, -0.25) is 0 Å². The Morgan fingerprint density at radius 3 is 3.00 bits per heavy atom. The van der Waals surface area contributed by atoms with Gasteiger partial charge in [0.15, 0.2) is 0 Å². The molecule has 0 bridgehead atoms. The molecule has 3 N–H and O–H groups in total. The molecule has 1 heterocycles. The summed E-state index contributed by atoms with van der Waals surface area (Å²) in [7, 11) is 0. The standard InChI is InChI=1S/C7H12N2OS/c1-5-9-6(4-11-5)2-7(10)3-8/h4,7,10H,2-3,8H2,1H3. The van der Waals surface area contributed by atoms with Gasteiger partial charge in [0.1, 0.15) is 0 Å². The summed E-state index contributed by atoms with van der Waals surface area (Å²) in [5, 5.41) is 12.1. The maximum atomic E-state index is 9.16. The van der Waals surface area contributed by atoms with Crippen LogP contribution in [0, 0.1) is 6.92 Å². The van der Waals surface area contributed by atoms with Crippen LogP contribution >= 0.6 is 11.3 Å². The van der Waals surface area contributed by atoms with Crippen molar-refractivity contribution in [3.05, 3.63) is 16.1 Å². The van der Waals surface area contributed by atoms with Crippen LogP contribution in [0.4, 0.5) is 0 Å². The average Bonchev–Trinajstić information content (AvgIpc) is 2.35. The minimum atomic E-state index is -0.448. The molecule has 0 saturated carbocycles. The van der Waals surface area contributed by atoms with Gasteiger partial charge >= 0.3 is 0 Å². The van der Waals surface area contributed by atoms with Crippen molar-refractivity contribution >= 4 is 11.3 Å². The zero-order valence-corrected chi connectivity index (χ0v) is 7.27. The Labute approximate surface area is 69.9 Å². The van der Waals surface area contributed by atoms with Gasteiger partial charge in [-0.1, -0.05) is 0 Å². The topological polar surface area (TPSA) is 59.1 Å². The van der Waals surface area contributed by atoms with Gasteiger partial charge in [0.2, 0.25) is 0 Å². The largest absolute Gasteiger partial charge is 0.391 e. The molecule has 1 unspecified atom stereocenters. The highest BCUT2D eigenvalue weighted by molar-refractivity contribution is 7.09. The summed E-state index contributed by atoms with van der Waals surface area (Å²) in [5.74, 6) is 0. The molecule has 0 radical (unpaired) electrons. The number of aliphatic hydroxyl groups excluding tert-OH is 1. The molecule has 0 aliphatic carbocycles. The summed E-state index contributed by atoms with van der Waals surface area (Å²) in [5.41, 5.74) is 6.19. The van der Waals surface area contributed by atoms with Crippen LogP contribution in [-0.4, -0.2) is 22.7 Å². The minimum absolute atomic E-state index is 0.302. The summed E-state index contributed by atoms with van der Waals surface area (Å²) in [6.07, 6.45) is 0.123. The third kappa shape index (κ3) is 2.57. The summed E-state index contributed by atoms with van der Waals surface area (Å²) >= 11 is 1.59. The number of nitrogens with zero attached hydrogens (tertiary/aromatic N) is 1. The van der Waals surface area contributed by atoms with E-state index < -0.39 is 6.10 Å². The second-order valence-corrected chi connectivity index (χ2v) is 3.51. The number of hydrogen-bond acceptors (Lipinski definition) is 4. The second-order valence-electron chi connectivity index (χ2n) is 2.45. The second kappa shape index (κ2) is 3.80. The predicted octanol–water partition coefficient (Wildman–Crippen LogP) is 0.314. The highest BCUT2D eigenvalue weighted by atomic mass is 32.1. The number of aryl methyl sites for hydroxylation is 1. The zero-order chi connectivity index (χ0) is 8.27. The Morgan fingerprint density at radius 2 is 2.55 bits per heavy atom. The lowest BCUT2D eigenvalue weighted by atomic mass is 10.2. The highest BCUT2D eigenvalue weighted by Crippen LogP contribution is 2.09. The molecule has 3 nitrogen and oxygen atoms in total. The van der Waals surface area contributed by atoms with Crippen LogP contribution in [0.15, 0.2) is 5.38 Å². The molecule has 0 fully saturated rings. The Morgan fingerprint density at radius 1 is 1.82 bits per heavy atom. The lowest BCUT2D eigenvalue weighted by Crippen LogP contribution is -2.22. The van der Waals surface area contributed by atoms with Crippen molar-refractivity contribution in [2.24, 2.45) is 5.73 Å². The fraction of sp³-hybridized carbons (Fsp3) is 0.571. The van der Waals surface area contributed by atoms with Crippen molar-refractivity contribution in [2.45, 2.75) is 19.4 Å². The molecule has 1 aromatic heterocycles. The predicted molar refractivity (Wildman–Crippen MR) is 45.6 cm³/mol. The number of aliphatic hydroxyl groups is 1. The molecule has 1 atom stereocenters. The van der Waals surface area contributed by atoms with Crippen LogP contribution in [-0.2, 0) is 6.42 Å². The van der Waals surface area contributed by atoms with Gasteiger partial charge in [-0.15, -0.1) is 11.3 Å². The Hall–Kier alpha value is -0.450. The number of rotatable bonds is 3. The molecule has 0 aromatic carbocycles. The van der Waals surface area contributed by atoms with E-state index in [0.29, 0.717) is 13.0 Å². The zero-order valence-electron chi connectivity index (χ0n) is 6.45. The number of thiazole rings is 1. The third-order valence-electron chi connectivity index (χ3n) is 1.38. The fourth-order valence-corrected chi connectivity index (χ4v) is 1.45. The lowest BCUT2D eigenvalue weighted by molar-refractivity contribution is 0.182. The van der Waals surface area contributed by atoms with E-state index in [9.17, 15) is 0 Å². The van der Waals surface area contributed by atoms with Crippen LogP contribution in [0.2, 0.25) is 0 Å². The van der Waals surface area contributed by atoms with Crippen molar-refractivity contribution in [1.82, 2.24) is 4.98 Å². The van der Waals surface area contributed by atoms with E-state index in [1.807, 2.05) is 12.3 Å². The Balaban J connectivity index is 2.50. The van der Waals surface area contributed by atoms with Gasteiger partial charge in [0.05, 0.1) is 16.8 Å². The molecule has 0 spiro atoms. The van der Waals surface area contributed by atoms with E-state index >= 15 is 0 Å². The van der Waals surface area contributed by atoms with E-state index in [-0.39, 0.29) is 0 Å². The number of nitrogens with two attached hydrogens (primary N) is 1. The molecular formula is C7H12N2OS. The molecular weight excluding hydrogens is 160 g/mol. The van der Waals surface area contributed by atoms with Crippen molar-refractivity contribution in [3.63, 3.8) is 0 Å². The number of hydrogen-bond donors (Lipinski definition) is 2. The van der Waals surface area contributed by atoms with Crippen LogP contribution in [0.3, 0.4) is 0 Å². The highest BCUT2D eigenvalue weighted by Gasteiger charge is 2.04. The third-order valence-corrected chi connectivity index (χ3v) is 2.21. The summed E-state index contributed by atoms with van der Waals surface area (Å²) in [6.45, 7) is 2.25. The molecule has 0 aliphatic heterocycles. The fourth-order valence-electron chi connectivity index (χ4n) is 0.827. The normalized spacial score (nSPS) is 13.4. The van der Waals surface area contributed by atoms with Crippen molar-refractivity contribution in [2.75, 3.05) is 6.54 Å². The maximum Gasteiger partial charge on any atom is 0.0897 e. The van der Waals surface area contributed by atoms with Crippen molar-refractivity contribution in [1.29, 1.82) is 0 Å². The van der Waals surface area contributed by atoms with Crippen LogP contribution in [0.1, 0.15) is 10.7 Å². The van der Waals surface area contributed by atoms with Gasteiger partial charge < -0.3 is 10.8 Å². The van der Waals surface area contributed by atoms with E-state index in [1.54, 1.807) is 11.3 Å². The maximum absolute atomic E-state index is 9.16. The number of aromatic nitrogens is 1. The quantitative estimate of drug-likeness (QED) is 0.690. The molecule has 62 valence electrons. The summed E-state index contributed by atoms with van der Waals surface area (Å²) < 4.78 is 0. The van der Waals surface area contributed by atoms with E-state index in [4.69, 9.17) is 10.8 Å². The first kappa shape index (κ1) is 8.64. The van der Waals surface area contributed by atoms with Crippen molar-refractivity contribution in [3.8, 4) is 0 Å². The first-order valence-corrected chi connectivity index (χ1v) is 4.39. The van der Waals surface area contributed by atoms with E-state index in [1.165, 1.54) is 0 Å². The minimum Gasteiger partial charge on any atom is -0.391 e. The SMILES string of the molecule is Cc1nc(CC(O)CN)cs1. The first-order valence-electron chi connectivity index (χ1n) is 3.51. The van der Waals surface area contributed by atoms with Gasteiger partial charge in [-0.05, 0) is 6.92 Å². The molecule has 0 aliphatic rings. The molecule has 0 saturated heterocycles. The first-order chi connectivity index (χ1) is 5.22. The summed E-state index contributed by atoms with van der Waals surface area (Å²) in [4.78, 5) is 4.20. The van der Waals surface area contributed by atoms with Gasteiger partial charge in [0, 0.05) is 18.3 Å². The smallest absolute Gasteiger partial charge is 0.0897 e. The average molecular weight is 172 g/mol. The van der Waals surface area contributed by atoms with Gasteiger partial charge in [-0.2, -0.15) is 0 Å². The molecule has 4 heteroatoms. The van der Waals surface area contributed by atoms with Crippen LogP contribution in [0.25, 0.3) is 0 Å². The van der Waals surface area contributed by atoms with E-state index in [2.05, 4.69) is 4.98 Å². The van der Waals surface area contributed by atoms with Crippen LogP contribution in [0.5, 0.6) is 0 Å². The molecule has 0 amide bonds. The monoisotopic (exact) mass is 172 g/mol. The lowest BCUT2D eigenvalue weighted by Gasteiger charge is -2.03. The molecule has 1 rings (SSSR count). The summed E-state index contributed by atoms with van der Waals surface area (Å²) in [6, 6.07) is 0. The van der Waals surface area contributed by atoms with Crippen molar-refractivity contribution < 1.29 is 5.11 Å². The molecule has 1 aromatic rings. The molecule has 11 heavy (non-hydrogen) atoms.